The average molecular weight is 443 g/mol. The van der Waals surface area contributed by atoms with E-state index in [9.17, 15) is 14.7 Å². The van der Waals surface area contributed by atoms with Gasteiger partial charge in [-0.05, 0) is 48.2 Å². The molecule has 3 aromatic carbocycles. The first kappa shape index (κ1) is 20.4. The van der Waals surface area contributed by atoms with Gasteiger partial charge in [-0.15, -0.1) is 0 Å². The fourth-order valence-corrected chi connectivity index (χ4v) is 5.29. The zero-order valence-corrected chi connectivity index (χ0v) is 18.1. The smallest absolute Gasteiger partial charge is 0.307 e. The van der Waals surface area contributed by atoms with Crippen LogP contribution < -0.4 is 5.32 Å². The lowest BCUT2D eigenvalue weighted by molar-refractivity contribution is -0.142. The summed E-state index contributed by atoms with van der Waals surface area (Å²) in [6.45, 7) is 0. The summed E-state index contributed by atoms with van der Waals surface area (Å²) in [5, 5.41) is 13.6. The SMILES string of the molecule is O=C(O)C1CCCC1C(=O)c1ccc(-c2ccc(Nc3nc4ccccc4s3)cc2)cc1. The van der Waals surface area contributed by atoms with E-state index >= 15 is 0 Å². The van der Waals surface area contributed by atoms with Gasteiger partial charge < -0.3 is 10.4 Å². The number of carboxylic acid groups (broad SMARTS) is 1. The van der Waals surface area contributed by atoms with Crippen molar-refractivity contribution in [3.8, 4) is 11.1 Å². The van der Waals surface area contributed by atoms with Crippen molar-refractivity contribution in [1.29, 1.82) is 0 Å². The Balaban J connectivity index is 1.29. The van der Waals surface area contributed by atoms with Crippen molar-refractivity contribution in [2.45, 2.75) is 19.3 Å². The highest BCUT2D eigenvalue weighted by Gasteiger charge is 2.37. The molecule has 0 saturated heterocycles. The van der Waals surface area contributed by atoms with Crippen molar-refractivity contribution < 1.29 is 14.7 Å². The van der Waals surface area contributed by atoms with E-state index in [2.05, 4.69) is 16.4 Å². The van der Waals surface area contributed by atoms with Crippen LogP contribution >= 0.6 is 11.3 Å². The van der Waals surface area contributed by atoms with E-state index in [-0.39, 0.29) is 5.78 Å². The molecule has 1 aliphatic rings. The molecular weight excluding hydrogens is 420 g/mol. The number of carbonyl (C=O) groups excluding carboxylic acids is 1. The van der Waals surface area contributed by atoms with Gasteiger partial charge in [-0.3, -0.25) is 9.59 Å². The Morgan fingerprint density at radius 2 is 1.53 bits per heavy atom. The lowest BCUT2D eigenvalue weighted by Crippen LogP contribution is -2.25. The Morgan fingerprint density at radius 1 is 0.875 bits per heavy atom. The number of nitrogens with one attached hydrogen (secondary N) is 1. The van der Waals surface area contributed by atoms with Crippen molar-refractivity contribution in [1.82, 2.24) is 4.98 Å². The highest BCUT2D eigenvalue weighted by molar-refractivity contribution is 7.22. The normalized spacial score (nSPS) is 18.0. The van der Waals surface area contributed by atoms with E-state index in [0.29, 0.717) is 18.4 Å². The fourth-order valence-electron chi connectivity index (χ4n) is 4.41. The van der Waals surface area contributed by atoms with Gasteiger partial charge in [-0.25, -0.2) is 4.98 Å². The van der Waals surface area contributed by atoms with Crippen LogP contribution in [0.3, 0.4) is 0 Å². The van der Waals surface area contributed by atoms with E-state index in [1.54, 1.807) is 11.3 Å². The van der Waals surface area contributed by atoms with E-state index in [4.69, 9.17) is 0 Å². The van der Waals surface area contributed by atoms with E-state index in [0.717, 1.165) is 38.6 Å². The van der Waals surface area contributed by atoms with Gasteiger partial charge in [0.25, 0.3) is 0 Å². The summed E-state index contributed by atoms with van der Waals surface area (Å²) in [6.07, 6.45) is 2.03. The van der Waals surface area contributed by atoms with Crippen molar-refractivity contribution in [3.63, 3.8) is 0 Å². The summed E-state index contributed by atoms with van der Waals surface area (Å²) in [6, 6.07) is 23.6. The first-order valence-electron chi connectivity index (χ1n) is 10.7. The number of nitrogens with zero attached hydrogens (tertiary/aromatic N) is 1. The van der Waals surface area contributed by atoms with Crippen molar-refractivity contribution in [2.75, 3.05) is 5.32 Å². The fraction of sp³-hybridized carbons (Fsp3) is 0.192. The molecule has 1 fully saturated rings. The van der Waals surface area contributed by atoms with Crippen LogP contribution in [0.25, 0.3) is 21.3 Å². The van der Waals surface area contributed by atoms with Crippen molar-refractivity contribution in [3.05, 3.63) is 78.4 Å². The van der Waals surface area contributed by atoms with Gasteiger partial charge >= 0.3 is 5.97 Å². The molecule has 0 aliphatic heterocycles. The third-order valence-corrected chi connectivity index (χ3v) is 7.05. The number of aromatic nitrogens is 1. The number of thiazole rings is 1. The molecule has 1 aliphatic carbocycles. The minimum Gasteiger partial charge on any atom is -0.481 e. The molecule has 5 rings (SSSR count). The monoisotopic (exact) mass is 442 g/mol. The van der Waals surface area contributed by atoms with Crippen molar-refractivity contribution in [2.24, 2.45) is 11.8 Å². The summed E-state index contributed by atoms with van der Waals surface area (Å²) < 4.78 is 1.15. The van der Waals surface area contributed by atoms with E-state index in [1.807, 2.05) is 66.7 Å². The summed E-state index contributed by atoms with van der Waals surface area (Å²) >= 11 is 1.62. The maximum atomic E-state index is 12.8. The first-order valence-corrected chi connectivity index (χ1v) is 11.5. The Hall–Kier alpha value is -3.51. The van der Waals surface area contributed by atoms with Crippen LogP contribution in [0.15, 0.2) is 72.8 Å². The Bertz CT molecular complexity index is 1250. The quantitative estimate of drug-likeness (QED) is 0.338. The number of carboxylic acids is 1. The summed E-state index contributed by atoms with van der Waals surface area (Å²) in [5.74, 6) is -1.89. The minimum atomic E-state index is -0.864. The molecule has 2 atom stereocenters. The molecule has 1 saturated carbocycles. The summed E-state index contributed by atoms with van der Waals surface area (Å²) in [7, 11) is 0. The number of anilines is 2. The highest BCUT2D eigenvalue weighted by Crippen LogP contribution is 2.35. The standard InChI is InChI=1S/C26H22N2O3S/c29-24(20-4-3-5-21(20)25(30)31)18-10-8-16(9-11-18)17-12-14-19(15-13-17)27-26-28-22-6-1-2-7-23(22)32-26/h1-2,6-15,20-21H,3-5H2,(H,27,28)(H,30,31). The number of hydrogen-bond donors (Lipinski definition) is 2. The topological polar surface area (TPSA) is 79.3 Å². The second kappa shape index (κ2) is 8.55. The number of benzene rings is 3. The molecule has 1 aromatic heterocycles. The second-order valence-corrected chi connectivity index (χ2v) is 9.14. The van der Waals surface area contributed by atoms with Gasteiger partial charge in [0.2, 0.25) is 0 Å². The van der Waals surface area contributed by atoms with Gasteiger partial charge in [-0.2, -0.15) is 0 Å². The van der Waals surface area contributed by atoms with Crippen LogP contribution in [0.5, 0.6) is 0 Å². The number of fused-ring (bicyclic) bond motifs is 1. The minimum absolute atomic E-state index is 0.0585. The maximum Gasteiger partial charge on any atom is 0.307 e. The Morgan fingerprint density at radius 3 is 2.22 bits per heavy atom. The molecule has 4 aromatic rings. The van der Waals surface area contributed by atoms with Gasteiger partial charge in [0.15, 0.2) is 10.9 Å². The molecular formula is C26H22N2O3S. The van der Waals surface area contributed by atoms with Crippen LogP contribution in [0, 0.1) is 11.8 Å². The maximum absolute atomic E-state index is 12.8. The second-order valence-electron chi connectivity index (χ2n) is 8.11. The molecule has 0 radical (unpaired) electrons. The lowest BCUT2D eigenvalue weighted by Gasteiger charge is -2.14. The number of aliphatic carboxylic acids is 1. The molecule has 1 heterocycles. The van der Waals surface area contributed by atoms with Gasteiger partial charge in [0.1, 0.15) is 0 Å². The van der Waals surface area contributed by atoms with Gasteiger partial charge in [0.05, 0.1) is 16.1 Å². The van der Waals surface area contributed by atoms with E-state index < -0.39 is 17.8 Å². The summed E-state index contributed by atoms with van der Waals surface area (Å²) in [4.78, 5) is 28.8. The lowest BCUT2D eigenvalue weighted by atomic mass is 9.88. The molecule has 32 heavy (non-hydrogen) atoms. The molecule has 5 nitrogen and oxygen atoms in total. The number of carbonyl (C=O) groups is 2. The predicted octanol–water partition coefficient (Wildman–Crippen LogP) is 6.39. The van der Waals surface area contributed by atoms with E-state index in [1.165, 1.54) is 0 Å². The first-order chi connectivity index (χ1) is 15.6. The number of hydrogen-bond acceptors (Lipinski definition) is 5. The van der Waals surface area contributed by atoms with Crippen molar-refractivity contribution >= 4 is 44.1 Å². The number of para-hydroxylation sites is 1. The molecule has 2 unspecified atom stereocenters. The number of ketones is 1. The molecule has 6 heteroatoms. The molecule has 2 N–H and O–H groups in total. The van der Waals surface area contributed by atoms with Crippen LogP contribution in [0.1, 0.15) is 29.6 Å². The third kappa shape index (κ3) is 4.01. The van der Waals surface area contributed by atoms with Crippen LogP contribution in [-0.4, -0.2) is 21.8 Å². The Labute approximate surface area is 189 Å². The molecule has 0 amide bonds. The van der Waals surface area contributed by atoms with Crippen LogP contribution in [-0.2, 0) is 4.79 Å². The van der Waals surface area contributed by atoms with Gasteiger partial charge in [0, 0.05) is 17.2 Å². The molecule has 0 spiro atoms. The highest BCUT2D eigenvalue weighted by atomic mass is 32.1. The average Bonchev–Trinajstić information content (AvgIpc) is 3.46. The predicted molar refractivity (Wildman–Crippen MR) is 128 cm³/mol. The summed E-state index contributed by atoms with van der Waals surface area (Å²) in [5.41, 5.74) is 4.58. The Kier molecular flexibility index (Phi) is 5.45. The third-order valence-electron chi connectivity index (χ3n) is 6.10. The zero-order valence-electron chi connectivity index (χ0n) is 17.3. The molecule has 160 valence electrons. The number of Topliss-reactive ketones (excluding diaryl/α,β-unsaturated/α-hetero) is 1. The molecule has 0 bridgehead atoms. The zero-order chi connectivity index (χ0) is 22.1. The van der Waals surface area contributed by atoms with Crippen LogP contribution in [0.2, 0.25) is 0 Å². The van der Waals surface area contributed by atoms with Gasteiger partial charge in [-0.1, -0.05) is 66.3 Å². The number of rotatable bonds is 6. The van der Waals surface area contributed by atoms with Crippen LogP contribution in [0.4, 0.5) is 10.8 Å². The largest absolute Gasteiger partial charge is 0.481 e.